The zero-order chi connectivity index (χ0) is 51.5. The Morgan fingerprint density at radius 3 is 1.82 bits per heavy atom. The van der Waals surface area contributed by atoms with Gasteiger partial charge in [-0.1, -0.05) is 81.1 Å². The predicted octanol–water partition coefficient (Wildman–Crippen LogP) is 7.58. The van der Waals surface area contributed by atoms with E-state index in [1.165, 1.54) is 35.1 Å². The van der Waals surface area contributed by atoms with Crippen LogP contribution in [0.1, 0.15) is 143 Å². The quantitative estimate of drug-likeness (QED) is 0.0232. The number of hydrogen-bond acceptors (Lipinski definition) is 14. The van der Waals surface area contributed by atoms with Gasteiger partial charge in [-0.15, -0.1) is 0 Å². The number of ketones is 1. The fourth-order valence-corrected chi connectivity index (χ4v) is 8.61. The van der Waals surface area contributed by atoms with Crippen molar-refractivity contribution in [2.24, 2.45) is 5.92 Å². The summed E-state index contributed by atoms with van der Waals surface area (Å²) in [5.41, 5.74) is 2.37. The van der Waals surface area contributed by atoms with Gasteiger partial charge in [0, 0.05) is 25.7 Å². The molecule has 0 spiro atoms. The van der Waals surface area contributed by atoms with E-state index in [4.69, 9.17) is 33.2 Å². The Bertz CT molecular complexity index is 1880. The first-order chi connectivity index (χ1) is 34.0. The monoisotopic (exact) mass is 995 g/mol. The summed E-state index contributed by atoms with van der Waals surface area (Å²) >= 11 is 0. The van der Waals surface area contributed by atoms with Gasteiger partial charge in [-0.3, -0.25) is 14.4 Å². The summed E-state index contributed by atoms with van der Waals surface area (Å²) in [6.45, 7) is 17.1. The number of carbonyl (C=O) groups is 5. The molecular weight excluding hydrogens is 909 g/mol. The molecule has 2 amide bonds. The maximum atomic E-state index is 13.1. The van der Waals surface area contributed by atoms with Crippen LogP contribution < -0.4 is 21.3 Å². The lowest BCUT2D eigenvalue weighted by molar-refractivity contribution is -0.150. The van der Waals surface area contributed by atoms with Crippen molar-refractivity contribution in [2.75, 3.05) is 85.7 Å². The first-order valence-electron chi connectivity index (χ1n) is 26.2. The molecule has 16 heteroatoms. The third-order valence-corrected chi connectivity index (χ3v) is 13.1. The topological polar surface area (TPSA) is 198 Å². The fourth-order valence-electron chi connectivity index (χ4n) is 8.61. The summed E-state index contributed by atoms with van der Waals surface area (Å²) in [7, 11) is 0. The Morgan fingerprint density at radius 1 is 0.634 bits per heavy atom. The average molecular weight is 995 g/mol. The minimum absolute atomic E-state index is 0.0214. The van der Waals surface area contributed by atoms with Gasteiger partial charge >= 0.3 is 18.0 Å². The maximum Gasteiger partial charge on any atom is 0.408 e. The summed E-state index contributed by atoms with van der Waals surface area (Å²) in [6, 6.07) is 15.8. The molecule has 4 N–H and O–H groups in total. The molecule has 0 aromatic heterocycles. The normalized spacial score (nSPS) is 15.4. The molecule has 398 valence electrons. The molecule has 1 saturated carbocycles. The molecular formula is C55H86N4O12. The standard InChI is InChI=1S/C55H86N4O12/c1-8-55(7,58-29-18-17-27-47(59-52(64)71-53(2,3)4)50(62)69-37-41-21-11-9-10-12-22-41)48(60)39-68-40-49(61)56-28-19-31-65-33-35-67-36-34-66-32-20-30-57-54(5,6)51(63)70-38-46-44-25-15-13-23-42(44)43-24-14-16-26-45(43)46/h13-16,23-26,41,46-47,57-58H,8-12,17-22,27-40H2,1-7H3,(H,56,61)(H,59,64). The number of alkyl carbamates (subject to hydrolysis) is 1. The van der Waals surface area contributed by atoms with E-state index >= 15 is 0 Å². The van der Waals surface area contributed by atoms with Crippen LogP contribution in [-0.4, -0.2) is 138 Å². The van der Waals surface area contributed by atoms with Gasteiger partial charge in [0.1, 0.15) is 37.0 Å². The van der Waals surface area contributed by atoms with E-state index in [-0.39, 0.29) is 36.8 Å². The van der Waals surface area contributed by atoms with Gasteiger partial charge in [0.15, 0.2) is 5.78 Å². The van der Waals surface area contributed by atoms with E-state index in [0.29, 0.717) is 111 Å². The lowest BCUT2D eigenvalue weighted by Gasteiger charge is -2.28. The number of esters is 2. The minimum Gasteiger partial charge on any atom is -0.464 e. The molecule has 71 heavy (non-hydrogen) atoms. The first kappa shape index (κ1) is 59.1. The summed E-state index contributed by atoms with van der Waals surface area (Å²) in [4.78, 5) is 64.3. The zero-order valence-electron chi connectivity index (χ0n) is 43.9. The third kappa shape index (κ3) is 21.7. The predicted molar refractivity (Wildman–Crippen MR) is 273 cm³/mol. The molecule has 2 aliphatic rings. The van der Waals surface area contributed by atoms with Crippen molar-refractivity contribution in [2.45, 2.75) is 154 Å². The number of fused-ring (bicyclic) bond motifs is 3. The summed E-state index contributed by atoms with van der Waals surface area (Å²) in [5.74, 6) is -0.850. The van der Waals surface area contributed by atoms with Gasteiger partial charge < -0.3 is 54.4 Å². The summed E-state index contributed by atoms with van der Waals surface area (Å²) in [6.07, 6.45) is 9.61. The summed E-state index contributed by atoms with van der Waals surface area (Å²) < 4.78 is 39.4. The molecule has 16 nitrogen and oxygen atoms in total. The number of Topliss-reactive ketones (excluding diaryl/α,β-unsaturated/α-hetero) is 1. The molecule has 4 rings (SSSR count). The Hall–Kier alpha value is -4.45. The van der Waals surface area contributed by atoms with Crippen molar-refractivity contribution in [3.8, 4) is 11.1 Å². The van der Waals surface area contributed by atoms with Crippen molar-refractivity contribution < 1.29 is 57.1 Å². The van der Waals surface area contributed by atoms with Crippen LogP contribution in [0.25, 0.3) is 11.1 Å². The summed E-state index contributed by atoms with van der Waals surface area (Å²) in [5, 5.41) is 12.1. The number of carbonyl (C=O) groups excluding carboxylic acids is 5. The molecule has 2 aromatic rings. The Kier molecular flexibility index (Phi) is 26.0. The van der Waals surface area contributed by atoms with Crippen LogP contribution in [0.15, 0.2) is 48.5 Å². The number of nitrogens with one attached hydrogen (secondary N) is 4. The molecule has 2 unspecified atom stereocenters. The van der Waals surface area contributed by atoms with Crippen LogP contribution in [0.2, 0.25) is 0 Å². The van der Waals surface area contributed by atoms with Gasteiger partial charge in [-0.25, -0.2) is 9.59 Å². The SMILES string of the molecule is CCC(C)(NCCCCC(NC(=O)OC(C)(C)C)C(=O)OCC1CCCCCC1)C(=O)COCC(=O)NCCCOCCOCCOCCCNC(C)(C)C(=O)OCC1c2ccccc2-c2ccccc21. The smallest absolute Gasteiger partial charge is 0.408 e. The van der Waals surface area contributed by atoms with E-state index in [2.05, 4.69) is 45.5 Å². The highest BCUT2D eigenvalue weighted by molar-refractivity contribution is 5.89. The molecule has 0 bridgehead atoms. The lowest BCUT2D eigenvalue weighted by Crippen LogP contribution is -2.51. The molecule has 2 aliphatic carbocycles. The van der Waals surface area contributed by atoms with Crippen LogP contribution in [-0.2, 0) is 52.3 Å². The third-order valence-electron chi connectivity index (χ3n) is 13.1. The van der Waals surface area contributed by atoms with Crippen LogP contribution in [0.4, 0.5) is 4.79 Å². The van der Waals surface area contributed by atoms with E-state index in [1.807, 2.05) is 52.0 Å². The van der Waals surface area contributed by atoms with Crippen LogP contribution in [0, 0.1) is 5.92 Å². The van der Waals surface area contributed by atoms with E-state index in [9.17, 15) is 24.0 Å². The second kappa shape index (κ2) is 31.2. The molecule has 2 aromatic carbocycles. The van der Waals surface area contributed by atoms with Gasteiger partial charge in [0.25, 0.3) is 0 Å². The molecule has 1 fully saturated rings. The first-order valence-corrected chi connectivity index (χ1v) is 26.2. The van der Waals surface area contributed by atoms with Crippen molar-refractivity contribution in [3.05, 3.63) is 59.7 Å². The molecule has 0 aliphatic heterocycles. The van der Waals surface area contributed by atoms with Crippen molar-refractivity contribution >= 4 is 29.7 Å². The number of rotatable bonds is 34. The number of amides is 2. The molecule has 0 saturated heterocycles. The largest absolute Gasteiger partial charge is 0.464 e. The van der Waals surface area contributed by atoms with Crippen LogP contribution in [0.5, 0.6) is 0 Å². The molecule has 0 radical (unpaired) electrons. The van der Waals surface area contributed by atoms with E-state index in [0.717, 1.165) is 32.1 Å². The van der Waals surface area contributed by atoms with Gasteiger partial charge in [-0.2, -0.15) is 0 Å². The maximum absolute atomic E-state index is 13.1. The van der Waals surface area contributed by atoms with Crippen molar-refractivity contribution in [1.82, 2.24) is 21.3 Å². The number of ether oxygens (including phenoxy) is 7. The van der Waals surface area contributed by atoms with Gasteiger partial charge in [0.05, 0.1) is 38.6 Å². The van der Waals surface area contributed by atoms with Crippen LogP contribution in [0.3, 0.4) is 0 Å². The zero-order valence-corrected chi connectivity index (χ0v) is 43.9. The highest BCUT2D eigenvalue weighted by atomic mass is 16.6. The minimum atomic E-state index is -0.856. The Labute approximate surface area is 423 Å². The van der Waals surface area contributed by atoms with Crippen LogP contribution >= 0.6 is 0 Å². The Balaban J connectivity index is 0.958. The highest BCUT2D eigenvalue weighted by Crippen LogP contribution is 2.44. The molecule has 2 atom stereocenters. The van der Waals surface area contributed by atoms with Gasteiger partial charge in [0.2, 0.25) is 5.91 Å². The second-order valence-electron chi connectivity index (χ2n) is 20.5. The average Bonchev–Trinajstić information content (AvgIpc) is 3.44. The van der Waals surface area contributed by atoms with E-state index < -0.39 is 34.8 Å². The number of unbranched alkanes of at least 4 members (excludes halogenated alkanes) is 1. The lowest BCUT2D eigenvalue weighted by atomic mass is 9.93. The molecule has 0 heterocycles. The number of hydrogen-bond donors (Lipinski definition) is 4. The second-order valence-corrected chi connectivity index (χ2v) is 20.5. The number of benzene rings is 2. The highest BCUT2D eigenvalue weighted by Gasteiger charge is 2.34. The van der Waals surface area contributed by atoms with Crippen molar-refractivity contribution in [3.63, 3.8) is 0 Å². The van der Waals surface area contributed by atoms with E-state index in [1.54, 1.807) is 20.8 Å². The van der Waals surface area contributed by atoms with Crippen molar-refractivity contribution in [1.29, 1.82) is 0 Å². The van der Waals surface area contributed by atoms with Gasteiger partial charge in [-0.05, 0) is 134 Å². The fraction of sp³-hybridized carbons (Fsp3) is 0.691. The Morgan fingerprint density at radius 2 is 1.21 bits per heavy atom.